The van der Waals surface area contributed by atoms with Gasteiger partial charge in [-0.1, -0.05) is 44.2 Å². The molecular weight excluding hydrogens is 304 g/mol. The average Bonchev–Trinajstić information content (AvgIpc) is 2.51. The van der Waals surface area contributed by atoms with Crippen LogP contribution in [-0.2, 0) is 16.0 Å². The monoisotopic (exact) mass is 327 g/mol. The second-order valence-electron chi connectivity index (χ2n) is 5.73. The number of hydrogen-bond acceptors (Lipinski definition) is 3. The standard InChI is InChI=1S/C16H23F2N3O2/c1-11(2)14(15(23)20-10-16(17,18)9-19)21-13(22)8-12-6-4-3-5-7-12/h3-7,11,14H,8-10,19H2,1-2H3,(H,20,23)(H,21,22). The SMILES string of the molecule is CC(C)C(NC(=O)Cc1ccccc1)C(=O)NCC(F)(F)CN. The summed E-state index contributed by atoms with van der Waals surface area (Å²) < 4.78 is 26.2. The number of benzene rings is 1. The molecule has 0 fully saturated rings. The van der Waals surface area contributed by atoms with Crippen LogP contribution >= 0.6 is 0 Å². The molecule has 0 saturated carbocycles. The van der Waals surface area contributed by atoms with Gasteiger partial charge < -0.3 is 16.4 Å². The zero-order valence-electron chi connectivity index (χ0n) is 13.3. The van der Waals surface area contributed by atoms with E-state index in [9.17, 15) is 18.4 Å². The molecule has 23 heavy (non-hydrogen) atoms. The molecule has 1 rings (SSSR count). The van der Waals surface area contributed by atoms with Crippen LogP contribution < -0.4 is 16.4 Å². The Balaban J connectivity index is 2.60. The van der Waals surface area contributed by atoms with Crippen molar-refractivity contribution in [1.29, 1.82) is 0 Å². The van der Waals surface area contributed by atoms with Gasteiger partial charge in [0, 0.05) is 0 Å². The van der Waals surface area contributed by atoms with Crippen LogP contribution in [0.3, 0.4) is 0 Å². The van der Waals surface area contributed by atoms with Crippen molar-refractivity contribution in [3.05, 3.63) is 35.9 Å². The molecule has 0 heterocycles. The molecule has 1 aromatic carbocycles. The highest BCUT2D eigenvalue weighted by atomic mass is 19.3. The minimum absolute atomic E-state index is 0.121. The molecule has 0 radical (unpaired) electrons. The van der Waals surface area contributed by atoms with Crippen molar-refractivity contribution in [2.24, 2.45) is 11.7 Å². The number of nitrogens with one attached hydrogen (secondary N) is 2. The van der Waals surface area contributed by atoms with Crippen LogP contribution in [0.2, 0.25) is 0 Å². The Labute approximate surface area is 134 Å². The zero-order chi connectivity index (χ0) is 17.5. The third kappa shape index (κ3) is 6.73. The van der Waals surface area contributed by atoms with Gasteiger partial charge >= 0.3 is 0 Å². The van der Waals surface area contributed by atoms with Crippen molar-refractivity contribution in [1.82, 2.24) is 10.6 Å². The Morgan fingerprint density at radius 1 is 1.22 bits per heavy atom. The lowest BCUT2D eigenvalue weighted by Gasteiger charge is -2.23. The molecule has 4 N–H and O–H groups in total. The van der Waals surface area contributed by atoms with Gasteiger partial charge in [-0.2, -0.15) is 0 Å². The van der Waals surface area contributed by atoms with Crippen molar-refractivity contribution in [3.63, 3.8) is 0 Å². The largest absolute Gasteiger partial charge is 0.348 e. The number of nitrogens with two attached hydrogens (primary N) is 1. The fourth-order valence-electron chi connectivity index (χ4n) is 1.94. The molecule has 0 aliphatic carbocycles. The van der Waals surface area contributed by atoms with Crippen molar-refractivity contribution >= 4 is 11.8 Å². The van der Waals surface area contributed by atoms with Gasteiger partial charge in [0.2, 0.25) is 11.8 Å². The topological polar surface area (TPSA) is 84.2 Å². The summed E-state index contributed by atoms with van der Waals surface area (Å²) in [6.07, 6.45) is 0.121. The summed E-state index contributed by atoms with van der Waals surface area (Å²) >= 11 is 0. The Morgan fingerprint density at radius 3 is 2.35 bits per heavy atom. The summed E-state index contributed by atoms with van der Waals surface area (Å²) in [7, 11) is 0. The lowest BCUT2D eigenvalue weighted by molar-refractivity contribution is -0.130. The van der Waals surface area contributed by atoms with E-state index < -0.39 is 31.0 Å². The Hall–Kier alpha value is -2.02. The van der Waals surface area contributed by atoms with Crippen LogP contribution in [0, 0.1) is 5.92 Å². The molecule has 7 heteroatoms. The van der Waals surface area contributed by atoms with Crippen LogP contribution in [0.15, 0.2) is 30.3 Å². The maximum Gasteiger partial charge on any atom is 0.277 e. The molecule has 0 aliphatic heterocycles. The molecule has 0 spiro atoms. The average molecular weight is 327 g/mol. The Kier molecular flexibility index (Phi) is 7.09. The van der Waals surface area contributed by atoms with E-state index in [1.54, 1.807) is 26.0 Å². The number of alkyl halides is 2. The summed E-state index contributed by atoms with van der Waals surface area (Å²) in [5.74, 6) is -4.38. The maximum absolute atomic E-state index is 13.1. The predicted molar refractivity (Wildman–Crippen MR) is 83.9 cm³/mol. The van der Waals surface area contributed by atoms with Gasteiger partial charge in [-0.3, -0.25) is 9.59 Å². The van der Waals surface area contributed by atoms with E-state index >= 15 is 0 Å². The lowest BCUT2D eigenvalue weighted by atomic mass is 10.0. The molecule has 1 aromatic rings. The third-order valence-electron chi connectivity index (χ3n) is 3.29. The highest BCUT2D eigenvalue weighted by Crippen LogP contribution is 2.10. The van der Waals surface area contributed by atoms with Gasteiger partial charge in [0.1, 0.15) is 6.04 Å². The van der Waals surface area contributed by atoms with Crippen LogP contribution in [0.25, 0.3) is 0 Å². The fraction of sp³-hybridized carbons (Fsp3) is 0.500. The molecule has 128 valence electrons. The van der Waals surface area contributed by atoms with Gasteiger partial charge in [-0.15, -0.1) is 0 Å². The van der Waals surface area contributed by atoms with Gasteiger partial charge in [0.05, 0.1) is 19.5 Å². The Bertz CT molecular complexity index is 521. The minimum atomic E-state index is -3.16. The van der Waals surface area contributed by atoms with Crippen LogP contribution in [0.4, 0.5) is 8.78 Å². The summed E-state index contributed by atoms with van der Waals surface area (Å²) in [6.45, 7) is 1.77. The number of carbonyl (C=O) groups is 2. The number of halogens is 2. The summed E-state index contributed by atoms with van der Waals surface area (Å²) in [6, 6.07) is 8.18. The highest BCUT2D eigenvalue weighted by molar-refractivity contribution is 5.88. The van der Waals surface area contributed by atoms with E-state index in [2.05, 4.69) is 10.6 Å². The van der Waals surface area contributed by atoms with E-state index in [1.807, 2.05) is 18.2 Å². The van der Waals surface area contributed by atoms with E-state index in [4.69, 9.17) is 5.73 Å². The quantitative estimate of drug-likeness (QED) is 0.668. The lowest BCUT2D eigenvalue weighted by Crippen LogP contribution is -2.52. The fourth-order valence-corrected chi connectivity index (χ4v) is 1.94. The first-order valence-corrected chi connectivity index (χ1v) is 7.44. The van der Waals surface area contributed by atoms with Crippen LogP contribution in [0.1, 0.15) is 19.4 Å². The van der Waals surface area contributed by atoms with Gasteiger partial charge in [0.25, 0.3) is 5.92 Å². The molecule has 5 nitrogen and oxygen atoms in total. The third-order valence-corrected chi connectivity index (χ3v) is 3.29. The number of amides is 2. The van der Waals surface area contributed by atoms with Crippen molar-refractivity contribution in [3.8, 4) is 0 Å². The normalized spacial score (nSPS) is 12.8. The number of rotatable bonds is 8. The number of hydrogen-bond donors (Lipinski definition) is 3. The minimum Gasteiger partial charge on any atom is -0.348 e. The summed E-state index contributed by atoms with van der Waals surface area (Å²) in [5.41, 5.74) is 5.73. The van der Waals surface area contributed by atoms with Crippen molar-refractivity contribution in [2.45, 2.75) is 32.2 Å². The van der Waals surface area contributed by atoms with Gasteiger partial charge in [-0.05, 0) is 11.5 Å². The van der Waals surface area contributed by atoms with E-state index in [-0.39, 0.29) is 18.2 Å². The molecule has 0 aliphatic rings. The predicted octanol–water partition coefficient (Wildman–Crippen LogP) is 1.08. The first kappa shape index (κ1) is 19.0. The highest BCUT2D eigenvalue weighted by Gasteiger charge is 2.30. The van der Waals surface area contributed by atoms with Gasteiger partial charge in [0.15, 0.2) is 0 Å². The summed E-state index contributed by atoms with van der Waals surface area (Å²) in [5, 5.41) is 4.73. The Morgan fingerprint density at radius 2 is 1.83 bits per heavy atom. The second kappa shape index (κ2) is 8.57. The molecule has 0 aromatic heterocycles. The second-order valence-corrected chi connectivity index (χ2v) is 5.73. The molecule has 0 bridgehead atoms. The van der Waals surface area contributed by atoms with Crippen LogP contribution in [0.5, 0.6) is 0 Å². The number of carbonyl (C=O) groups excluding carboxylic acids is 2. The van der Waals surface area contributed by atoms with E-state index in [0.717, 1.165) is 5.56 Å². The molecule has 2 amide bonds. The van der Waals surface area contributed by atoms with E-state index in [1.165, 1.54) is 0 Å². The first-order valence-electron chi connectivity index (χ1n) is 7.44. The smallest absolute Gasteiger partial charge is 0.277 e. The van der Waals surface area contributed by atoms with Crippen molar-refractivity contribution in [2.75, 3.05) is 13.1 Å². The molecule has 0 saturated heterocycles. The summed E-state index contributed by atoms with van der Waals surface area (Å²) in [4.78, 5) is 24.1. The van der Waals surface area contributed by atoms with Crippen LogP contribution in [-0.4, -0.2) is 36.9 Å². The first-order chi connectivity index (χ1) is 10.7. The molecule has 1 unspecified atom stereocenters. The van der Waals surface area contributed by atoms with Crippen molar-refractivity contribution < 1.29 is 18.4 Å². The molecular formula is C16H23F2N3O2. The maximum atomic E-state index is 13.1. The van der Waals surface area contributed by atoms with E-state index in [0.29, 0.717) is 0 Å². The van der Waals surface area contributed by atoms with Gasteiger partial charge in [-0.25, -0.2) is 8.78 Å². The molecule has 1 atom stereocenters. The zero-order valence-corrected chi connectivity index (χ0v) is 13.3.